The highest BCUT2D eigenvalue weighted by Gasteiger charge is 2.28. The van der Waals surface area contributed by atoms with Crippen molar-refractivity contribution in [3.63, 3.8) is 0 Å². The van der Waals surface area contributed by atoms with Crippen LogP contribution in [-0.2, 0) is 26.3 Å². The van der Waals surface area contributed by atoms with Gasteiger partial charge >= 0.3 is 0 Å². The third kappa shape index (κ3) is 22.7. The lowest BCUT2D eigenvalue weighted by Gasteiger charge is -2.20. The average molecular weight is 2220 g/mol. The van der Waals surface area contributed by atoms with E-state index in [1.165, 1.54) is 69.4 Å². The normalized spacial score (nSPS) is 11.6. The molecule has 42 heteroatoms. The van der Waals surface area contributed by atoms with Crippen molar-refractivity contribution in [2.75, 3.05) is 58.9 Å². The van der Waals surface area contributed by atoms with Gasteiger partial charge in [-0.15, -0.1) is 79.4 Å². The molecule has 730 valence electrons. The number of halogens is 8. The Kier molecular flexibility index (Phi) is 32.4. The lowest BCUT2D eigenvalue weighted by atomic mass is 10.0. The van der Waals surface area contributed by atoms with E-state index in [0.717, 1.165) is 205 Å². The van der Waals surface area contributed by atoms with Gasteiger partial charge in [0.05, 0.1) is 123 Å². The van der Waals surface area contributed by atoms with E-state index in [2.05, 4.69) is 121 Å². The molecule has 7 aromatic carbocycles. The number of methoxy groups -OCH3 is 4. The quantitative estimate of drug-likeness (QED) is 0.0988. The molecule has 22 rings (SSSR count). The van der Waals surface area contributed by atoms with E-state index in [4.69, 9.17) is 105 Å². The standard InChI is InChI=1S/C15H14ClN3O2S2.C15H13ClN2O3S2.C15H11ClN2OS.C15H13ClN2OS.C14H10ClFN2OS.C14H11ClN2OS.C13H9ClN2OS/c1-9-13(14-12(22-9)8-17-15(16)18-14)10-6-4-5-7-11(10)19(2)23(3,20)21;1-8-13(14-12(22-8)7-17-15(16)18-14)10-5-4-9(23(3,19)20)6-11(10)21-2;1-8-12(13-11(20-8)7-17-15(16)18-13)10-4-2-3-9-5-6-19-14(9)10;1-8-4-5-10(11(6-8)19-3)13-9(2)20-12-7-17-15(16)18-14(12)13;1-7-12(9-4-3-8(16)5-10(9)19-2)13-11(20-7)6-17-14(15)18-13;1-8-12(9-5-3-4-6-10(9)18-2)13-11(19-8)7-16-14(15)17-13;1-7-11(8-4-2-3-5-9(8)17)12-10(18-7)6-15-13(14)16-12/h4-8H,1-3H3;4-7H,1-3H3;2-4,7H,5-6H2,1H3;4-7H,1-3H3;3-6H,1-2H3;3-7H,1-2H3;2-6,17H,1H3. The van der Waals surface area contributed by atoms with Crippen molar-refractivity contribution in [1.82, 2.24) is 69.8 Å². The summed E-state index contributed by atoms with van der Waals surface area (Å²) in [6.45, 7) is 17.0. The van der Waals surface area contributed by atoms with Gasteiger partial charge in [0.1, 0.15) is 40.3 Å². The van der Waals surface area contributed by atoms with Crippen LogP contribution in [0.5, 0.6) is 34.5 Å². The number of phenols is 1. The van der Waals surface area contributed by atoms with Gasteiger partial charge in [0.25, 0.3) is 0 Å². The number of aryl methyl sites for hydroxylation is 8. The maximum absolute atomic E-state index is 13.3. The number of nitrogens with zero attached hydrogens (tertiary/aromatic N) is 15. The molecule has 21 aromatic rings. The lowest BCUT2D eigenvalue weighted by molar-refractivity contribution is 0.358. The fraction of sp³-hybridized carbons (Fsp3) is 0.168. The molecule has 1 aliphatic rings. The monoisotopic (exact) mass is 2220 g/mol. The number of hydrogen-bond donors (Lipinski definition) is 1. The van der Waals surface area contributed by atoms with Crippen molar-refractivity contribution in [1.29, 1.82) is 0 Å². The van der Waals surface area contributed by atoms with Crippen molar-refractivity contribution in [3.05, 3.63) is 277 Å². The number of anilines is 1. The van der Waals surface area contributed by atoms with Crippen LogP contribution in [0.4, 0.5) is 10.1 Å². The Morgan fingerprint density at radius 1 is 0.350 bits per heavy atom. The molecule has 0 unspecified atom stereocenters. The number of para-hydroxylation sites is 4. The van der Waals surface area contributed by atoms with Crippen LogP contribution in [0.25, 0.3) is 149 Å². The number of rotatable bonds is 14. The van der Waals surface area contributed by atoms with Gasteiger partial charge in [-0.3, -0.25) is 4.31 Å². The van der Waals surface area contributed by atoms with Crippen LogP contribution in [0.15, 0.2) is 194 Å². The van der Waals surface area contributed by atoms with E-state index < -0.39 is 19.9 Å². The molecular formula is C101H81Cl7FN15O10S9. The number of aromatic hydroxyl groups is 1. The van der Waals surface area contributed by atoms with Crippen LogP contribution in [-0.4, -0.2) is 146 Å². The van der Waals surface area contributed by atoms with Gasteiger partial charge in [0, 0.05) is 181 Å². The predicted octanol–water partition coefficient (Wildman–Crippen LogP) is 29.2. The summed E-state index contributed by atoms with van der Waals surface area (Å²) < 4.78 is 96.2. The largest absolute Gasteiger partial charge is 0.507 e. The first-order valence-corrected chi connectivity index (χ1v) is 55.0. The summed E-state index contributed by atoms with van der Waals surface area (Å²) in [7, 11) is 1.26. The molecule has 14 aromatic heterocycles. The highest BCUT2D eigenvalue weighted by Crippen LogP contribution is 2.51. The number of aromatic nitrogens is 14. The summed E-state index contributed by atoms with van der Waals surface area (Å²) in [4.78, 5) is 66.4. The molecule has 0 saturated heterocycles. The number of phenolic OH excluding ortho intramolecular Hbond substituents is 1. The van der Waals surface area contributed by atoms with Gasteiger partial charge in [0.2, 0.25) is 47.0 Å². The Morgan fingerprint density at radius 3 is 1.02 bits per heavy atom. The minimum Gasteiger partial charge on any atom is -0.507 e. The van der Waals surface area contributed by atoms with Gasteiger partial charge < -0.3 is 28.8 Å². The Balaban J connectivity index is 0.000000120. The molecule has 0 aliphatic carbocycles. The van der Waals surface area contributed by atoms with E-state index in [9.17, 15) is 26.3 Å². The molecule has 25 nitrogen and oxygen atoms in total. The van der Waals surface area contributed by atoms with Crippen molar-refractivity contribution >= 4 is 258 Å². The van der Waals surface area contributed by atoms with E-state index in [1.807, 2.05) is 95.3 Å². The number of benzene rings is 7. The van der Waals surface area contributed by atoms with E-state index in [-0.39, 0.29) is 53.4 Å². The molecule has 15 heterocycles. The van der Waals surface area contributed by atoms with Crippen LogP contribution < -0.4 is 28.0 Å². The number of fused-ring (bicyclic) bond motifs is 8. The molecule has 0 amide bonds. The smallest absolute Gasteiger partial charge is 0.232 e. The zero-order valence-electron chi connectivity index (χ0n) is 78.3. The van der Waals surface area contributed by atoms with E-state index in [1.54, 1.807) is 180 Å². The maximum atomic E-state index is 13.3. The predicted molar refractivity (Wildman–Crippen MR) is 586 cm³/mol. The minimum absolute atomic E-state index is 0.170. The summed E-state index contributed by atoms with van der Waals surface area (Å²) in [5.41, 5.74) is 21.9. The fourth-order valence-electron chi connectivity index (χ4n) is 16.2. The Bertz CT molecular complexity index is 8590. The lowest BCUT2D eigenvalue weighted by Crippen LogP contribution is -2.25. The van der Waals surface area contributed by atoms with Crippen LogP contribution in [0, 0.1) is 61.2 Å². The first-order valence-electron chi connectivity index (χ1n) is 42.9. The number of sulfone groups is 1. The second-order valence-electron chi connectivity index (χ2n) is 31.7. The summed E-state index contributed by atoms with van der Waals surface area (Å²) in [5, 5.41) is 11.5. The summed E-state index contributed by atoms with van der Waals surface area (Å²) in [6, 6.07) is 44.3. The first-order chi connectivity index (χ1) is 68.4. The molecule has 0 saturated carbocycles. The summed E-state index contributed by atoms with van der Waals surface area (Å²) in [6.07, 6.45) is 15.4. The topological polar surface area (TPSA) is 318 Å². The van der Waals surface area contributed by atoms with Gasteiger partial charge in [-0.25, -0.2) is 91.0 Å². The zero-order chi connectivity index (χ0) is 102. The van der Waals surface area contributed by atoms with Gasteiger partial charge in [0.15, 0.2) is 9.84 Å². The van der Waals surface area contributed by atoms with Crippen LogP contribution in [0.3, 0.4) is 0 Å². The van der Waals surface area contributed by atoms with Crippen molar-refractivity contribution < 1.29 is 50.0 Å². The van der Waals surface area contributed by atoms with Gasteiger partial charge in [-0.1, -0.05) is 84.9 Å². The third-order valence-electron chi connectivity index (χ3n) is 22.5. The molecule has 0 spiro atoms. The second-order valence-corrected chi connectivity index (χ2v) is 46.9. The van der Waals surface area contributed by atoms with Crippen LogP contribution >= 0.6 is 161 Å². The summed E-state index contributed by atoms with van der Waals surface area (Å²) >= 11 is 52.7. The van der Waals surface area contributed by atoms with E-state index in [0.29, 0.717) is 17.2 Å². The Labute approximate surface area is 884 Å². The highest BCUT2D eigenvalue weighted by molar-refractivity contribution is 7.92. The van der Waals surface area contributed by atoms with E-state index >= 15 is 0 Å². The molecule has 0 radical (unpaired) electrons. The van der Waals surface area contributed by atoms with Crippen molar-refractivity contribution in [2.45, 2.75) is 66.7 Å². The van der Waals surface area contributed by atoms with Gasteiger partial charge in [-0.05, 0) is 202 Å². The van der Waals surface area contributed by atoms with Crippen LogP contribution in [0.1, 0.15) is 45.3 Å². The minimum atomic E-state index is -3.37. The molecular weight excluding hydrogens is 2140 g/mol. The maximum Gasteiger partial charge on any atom is 0.232 e. The van der Waals surface area contributed by atoms with Crippen molar-refractivity contribution in [3.8, 4) is 112 Å². The SMILES string of the molecule is COc1cc(C)ccc1-c1c(C)sc2cnc(Cl)nc12.COc1cc(F)ccc1-c1c(C)sc2cnc(Cl)nc12.COc1cc(S(C)(=O)=O)ccc1-c1c(C)sc2cnc(Cl)nc12.COc1ccccc1-c1c(C)sc2cnc(Cl)nc12.Cc1sc2cnc(Cl)nc2c1-c1cccc2c1OCC2.Cc1sc2cnc(Cl)nc2c1-c1ccccc1N(C)S(C)(=O)=O.Cc1sc2cnc(Cl)nc2c1-c1ccccc1O. The highest BCUT2D eigenvalue weighted by atomic mass is 35.5. The molecule has 1 N–H and O–H groups in total. The number of hydrogen-bond acceptors (Lipinski definition) is 31. The Morgan fingerprint density at radius 2 is 0.650 bits per heavy atom. The zero-order valence-corrected chi connectivity index (χ0v) is 91.0. The first kappa shape index (κ1) is 104. The Hall–Kier alpha value is -11.7. The molecule has 1 aliphatic heterocycles. The van der Waals surface area contributed by atoms with Crippen molar-refractivity contribution in [2.24, 2.45) is 0 Å². The van der Waals surface area contributed by atoms with Gasteiger partial charge in [-0.2, -0.15) is 0 Å². The number of ether oxygens (including phenoxy) is 5. The molecule has 0 bridgehead atoms. The number of thiophene rings is 7. The average Bonchev–Trinajstić information content (AvgIpc) is 1.61. The summed E-state index contributed by atoms with van der Waals surface area (Å²) in [5.74, 6) is 3.53. The fourth-order valence-corrected chi connectivity index (χ4v) is 25.2. The molecule has 0 atom stereocenters. The second kappa shape index (κ2) is 44.5. The number of sulfonamides is 1. The van der Waals surface area contributed by atoms with Crippen LogP contribution in [0.2, 0.25) is 37.0 Å². The molecule has 0 fully saturated rings. The molecule has 143 heavy (non-hydrogen) atoms. The third-order valence-corrected chi connectivity index (χ3v) is 33.3.